The number of hydrogen-bond acceptors (Lipinski definition) is 2. The molecule has 0 heterocycles. The fourth-order valence-electron chi connectivity index (χ4n) is 2.16. The van der Waals surface area contributed by atoms with Crippen LogP contribution in [0.2, 0.25) is 0 Å². The Kier molecular flexibility index (Phi) is 6.85. The number of rotatable bonds is 6. The first-order valence-corrected chi connectivity index (χ1v) is 8.66. The zero-order chi connectivity index (χ0) is 19.9. The van der Waals surface area contributed by atoms with Gasteiger partial charge < -0.3 is 16.4 Å². The molecule has 2 aromatic carbocycles. The van der Waals surface area contributed by atoms with Gasteiger partial charge in [0.15, 0.2) is 5.96 Å². The van der Waals surface area contributed by atoms with Crippen LogP contribution in [0.1, 0.15) is 25.0 Å². The maximum absolute atomic E-state index is 12.7. The summed E-state index contributed by atoms with van der Waals surface area (Å²) in [4.78, 5) is 4.49. The molecule has 27 heavy (non-hydrogen) atoms. The Labute approximate surface area is 157 Å². The van der Waals surface area contributed by atoms with Gasteiger partial charge in [-0.2, -0.15) is 13.2 Å². The Morgan fingerprint density at radius 2 is 1.63 bits per heavy atom. The first-order valence-electron chi connectivity index (χ1n) is 8.66. The Bertz CT molecular complexity index is 738. The van der Waals surface area contributed by atoms with E-state index in [1.165, 1.54) is 12.1 Å². The molecular weight excluding hydrogens is 353 g/mol. The highest BCUT2D eigenvalue weighted by Crippen LogP contribution is 2.29. The first-order chi connectivity index (χ1) is 12.7. The van der Waals surface area contributed by atoms with E-state index < -0.39 is 11.7 Å². The Balaban J connectivity index is 2.11. The highest BCUT2D eigenvalue weighted by molar-refractivity contribution is 5.93. The summed E-state index contributed by atoms with van der Waals surface area (Å²) in [6.07, 6.45) is -4.34. The quantitative estimate of drug-likeness (QED) is 0.520. The van der Waals surface area contributed by atoms with Gasteiger partial charge >= 0.3 is 6.18 Å². The van der Waals surface area contributed by atoms with Crippen molar-refractivity contribution >= 4 is 11.6 Å². The van der Waals surface area contributed by atoms with Crippen LogP contribution in [0.4, 0.5) is 18.9 Å². The minimum atomic E-state index is -4.34. The van der Waals surface area contributed by atoms with E-state index in [2.05, 4.69) is 15.6 Å². The van der Waals surface area contributed by atoms with Gasteiger partial charge in [-0.05, 0) is 41.8 Å². The molecule has 7 heteroatoms. The summed E-state index contributed by atoms with van der Waals surface area (Å²) in [6.45, 7) is 5.45. The summed E-state index contributed by atoms with van der Waals surface area (Å²) >= 11 is 0. The van der Waals surface area contributed by atoms with Crippen LogP contribution in [0.15, 0.2) is 59.6 Å². The largest absolute Gasteiger partial charge is 0.416 e. The smallest absolute Gasteiger partial charge is 0.356 e. The number of nitrogens with two attached hydrogens (primary N) is 1. The van der Waals surface area contributed by atoms with Crippen LogP contribution in [0, 0.1) is 5.41 Å². The molecule has 0 radical (unpaired) electrons. The number of nitrogens with zero attached hydrogens (tertiary/aromatic N) is 1. The van der Waals surface area contributed by atoms with Crippen LogP contribution >= 0.6 is 0 Å². The van der Waals surface area contributed by atoms with Gasteiger partial charge in [-0.3, -0.25) is 0 Å². The van der Waals surface area contributed by atoms with Crippen LogP contribution in [-0.2, 0) is 12.7 Å². The number of para-hydroxylation sites is 1. The molecule has 4 N–H and O–H groups in total. The summed E-state index contributed by atoms with van der Waals surface area (Å²) in [6, 6.07) is 14.5. The molecule has 0 aliphatic heterocycles. The van der Waals surface area contributed by atoms with Gasteiger partial charge in [0.05, 0.1) is 12.1 Å². The van der Waals surface area contributed by atoms with Gasteiger partial charge in [0.1, 0.15) is 0 Å². The molecule has 146 valence electrons. The summed E-state index contributed by atoms with van der Waals surface area (Å²) in [5, 5.41) is 6.44. The number of halogens is 3. The lowest BCUT2D eigenvalue weighted by molar-refractivity contribution is -0.137. The lowest BCUT2D eigenvalue weighted by atomic mass is 9.94. The second kappa shape index (κ2) is 8.90. The van der Waals surface area contributed by atoms with Crippen LogP contribution in [0.3, 0.4) is 0 Å². The van der Waals surface area contributed by atoms with Crippen molar-refractivity contribution < 1.29 is 13.2 Å². The number of alkyl halides is 3. The van der Waals surface area contributed by atoms with Crippen molar-refractivity contribution in [3.8, 4) is 0 Å². The molecule has 0 fully saturated rings. The van der Waals surface area contributed by atoms with Gasteiger partial charge in [-0.15, -0.1) is 0 Å². The number of benzene rings is 2. The number of anilines is 1. The second-order valence-electron chi connectivity index (χ2n) is 7.07. The van der Waals surface area contributed by atoms with E-state index >= 15 is 0 Å². The average Bonchev–Trinajstić information content (AvgIpc) is 2.64. The van der Waals surface area contributed by atoms with Crippen LogP contribution in [0.25, 0.3) is 0 Å². The van der Waals surface area contributed by atoms with E-state index in [0.717, 1.165) is 17.8 Å². The maximum Gasteiger partial charge on any atom is 0.416 e. The number of hydrogen-bond donors (Lipinski definition) is 3. The van der Waals surface area contributed by atoms with Gasteiger partial charge in [0, 0.05) is 12.2 Å². The van der Waals surface area contributed by atoms with Gasteiger partial charge in [-0.25, -0.2) is 4.99 Å². The average molecular weight is 378 g/mol. The standard InChI is InChI=1S/C20H25F3N4/c1-19(2,13-24)14-26-18(27-17-6-4-3-5-7-17)25-12-15-8-10-16(11-9-15)20(21,22)23/h3-11H,12-14,24H2,1-2H3,(H2,25,26,27). The van der Waals surface area contributed by atoms with Crippen molar-refractivity contribution in [1.29, 1.82) is 0 Å². The second-order valence-corrected chi connectivity index (χ2v) is 7.07. The maximum atomic E-state index is 12.7. The van der Waals surface area contributed by atoms with Crippen LogP contribution in [0.5, 0.6) is 0 Å². The third kappa shape index (κ3) is 6.94. The number of nitrogens with one attached hydrogen (secondary N) is 2. The molecule has 0 saturated heterocycles. The van der Waals surface area contributed by atoms with Crippen molar-refractivity contribution in [2.45, 2.75) is 26.6 Å². The molecule has 0 aliphatic carbocycles. The van der Waals surface area contributed by atoms with E-state index in [0.29, 0.717) is 24.6 Å². The molecule has 0 spiro atoms. The van der Waals surface area contributed by atoms with E-state index in [-0.39, 0.29) is 12.0 Å². The Morgan fingerprint density at radius 3 is 2.19 bits per heavy atom. The molecule has 2 aromatic rings. The third-order valence-electron chi connectivity index (χ3n) is 4.02. The highest BCUT2D eigenvalue weighted by Gasteiger charge is 2.29. The zero-order valence-corrected chi connectivity index (χ0v) is 15.5. The van der Waals surface area contributed by atoms with Crippen molar-refractivity contribution in [2.75, 3.05) is 18.4 Å². The molecule has 0 atom stereocenters. The van der Waals surface area contributed by atoms with Crippen molar-refractivity contribution in [1.82, 2.24) is 5.32 Å². The SMILES string of the molecule is CC(C)(CN)CNC(=NCc1ccc(C(F)(F)F)cc1)Nc1ccccc1. The first kappa shape index (κ1) is 20.8. The van der Waals surface area contributed by atoms with Crippen LogP contribution < -0.4 is 16.4 Å². The minimum absolute atomic E-state index is 0.118. The predicted octanol–water partition coefficient (Wildman–Crippen LogP) is 4.25. The lowest BCUT2D eigenvalue weighted by Crippen LogP contribution is -2.41. The van der Waals surface area contributed by atoms with Gasteiger partial charge in [-0.1, -0.05) is 44.2 Å². The number of aliphatic imine (C=N–C) groups is 1. The number of guanidine groups is 1. The molecule has 0 aliphatic rings. The van der Waals surface area contributed by atoms with E-state index in [1.807, 2.05) is 44.2 Å². The molecule has 0 unspecified atom stereocenters. The van der Waals surface area contributed by atoms with Crippen molar-refractivity contribution in [2.24, 2.45) is 16.1 Å². The fraction of sp³-hybridized carbons (Fsp3) is 0.350. The Hall–Kier alpha value is -2.54. The molecular formula is C20H25F3N4. The third-order valence-corrected chi connectivity index (χ3v) is 4.02. The van der Waals surface area contributed by atoms with E-state index in [9.17, 15) is 13.2 Å². The van der Waals surface area contributed by atoms with Crippen molar-refractivity contribution in [3.63, 3.8) is 0 Å². The van der Waals surface area contributed by atoms with Crippen molar-refractivity contribution in [3.05, 3.63) is 65.7 Å². The summed E-state index contributed by atoms with van der Waals surface area (Å²) in [5.74, 6) is 0.544. The summed E-state index contributed by atoms with van der Waals surface area (Å²) in [7, 11) is 0. The molecule has 0 amide bonds. The van der Waals surface area contributed by atoms with Crippen LogP contribution in [-0.4, -0.2) is 19.0 Å². The lowest BCUT2D eigenvalue weighted by Gasteiger charge is -2.24. The normalized spacial score (nSPS) is 12.7. The van der Waals surface area contributed by atoms with Gasteiger partial charge in [0.25, 0.3) is 0 Å². The molecule has 0 bridgehead atoms. The zero-order valence-electron chi connectivity index (χ0n) is 15.5. The molecule has 0 aromatic heterocycles. The summed E-state index contributed by atoms with van der Waals surface area (Å²) in [5.41, 5.74) is 6.54. The highest BCUT2D eigenvalue weighted by atomic mass is 19.4. The molecule has 0 saturated carbocycles. The predicted molar refractivity (Wildman–Crippen MR) is 103 cm³/mol. The molecule has 4 nitrogen and oxygen atoms in total. The minimum Gasteiger partial charge on any atom is -0.356 e. The summed E-state index contributed by atoms with van der Waals surface area (Å²) < 4.78 is 38.0. The topological polar surface area (TPSA) is 62.4 Å². The molecule has 2 rings (SSSR count). The Morgan fingerprint density at radius 1 is 1.00 bits per heavy atom. The van der Waals surface area contributed by atoms with E-state index in [1.54, 1.807) is 0 Å². The van der Waals surface area contributed by atoms with Gasteiger partial charge in [0.2, 0.25) is 0 Å². The monoisotopic (exact) mass is 378 g/mol. The van der Waals surface area contributed by atoms with E-state index in [4.69, 9.17) is 5.73 Å². The fourth-order valence-corrected chi connectivity index (χ4v) is 2.16.